The highest BCUT2D eigenvalue weighted by Gasteiger charge is 2.18. The van der Waals surface area contributed by atoms with Gasteiger partial charge in [0.1, 0.15) is 11.8 Å². The van der Waals surface area contributed by atoms with Gasteiger partial charge in [-0.25, -0.2) is 13.2 Å². The van der Waals surface area contributed by atoms with Gasteiger partial charge in [-0.15, -0.1) is 0 Å². The van der Waals surface area contributed by atoms with Crippen LogP contribution in [0.5, 0.6) is 0 Å². The monoisotopic (exact) mass is 243 g/mol. The Kier molecular flexibility index (Phi) is 2.89. The van der Waals surface area contributed by atoms with E-state index in [0.29, 0.717) is 0 Å². The third-order valence-electron chi connectivity index (χ3n) is 2.25. The first-order chi connectivity index (χ1) is 8.00. The topological polar surface area (TPSA) is 46.3 Å². The molecule has 1 heterocycles. The summed E-state index contributed by atoms with van der Waals surface area (Å²) in [7, 11) is 0. The lowest BCUT2D eigenvalue weighted by molar-refractivity contribution is 0.158. The zero-order chi connectivity index (χ0) is 12.6. The molecule has 1 atom stereocenters. The average Bonchev–Trinajstić information content (AvgIpc) is 2.75. The standard InChI is InChI=1S/C11H8F3NO2/c1-5(16)9-4-8(15-17-9)6-2-3-7(12)11(14)10(6)13/h2-5,16H,1H3. The maximum absolute atomic E-state index is 13.4. The van der Waals surface area contributed by atoms with Gasteiger partial charge in [-0.2, -0.15) is 0 Å². The van der Waals surface area contributed by atoms with Gasteiger partial charge in [-0.1, -0.05) is 5.16 Å². The molecule has 2 aromatic rings. The van der Waals surface area contributed by atoms with Gasteiger partial charge in [0, 0.05) is 11.6 Å². The van der Waals surface area contributed by atoms with Gasteiger partial charge < -0.3 is 9.63 Å². The number of aliphatic hydroxyl groups is 1. The van der Waals surface area contributed by atoms with Crippen molar-refractivity contribution in [3.63, 3.8) is 0 Å². The average molecular weight is 243 g/mol. The summed E-state index contributed by atoms with van der Waals surface area (Å²) in [6.45, 7) is 1.44. The van der Waals surface area contributed by atoms with Gasteiger partial charge >= 0.3 is 0 Å². The highest BCUT2D eigenvalue weighted by Crippen LogP contribution is 2.27. The third-order valence-corrected chi connectivity index (χ3v) is 2.25. The summed E-state index contributed by atoms with van der Waals surface area (Å²) in [6.07, 6.45) is -0.912. The fourth-order valence-corrected chi connectivity index (χ4v) is 1.34. The lowest BCUT2D eigenvalue weighted by atomic mass is 10.1. The van der Waals surface area contributed by atoms with Crippen LogP contribution in [0.25, 0.3) is 11.3 Å². The molecule has 0 radical (unpaired) electrons. The van der Waals surface area contributed by atoms with Gasteiger partial charge in [0.15, 0.2) is 23.2 Å². The zero-order valence-electron chi connectivity index (χ0n) is 8.75. The maximum atomic E-state index is 13.4. The molecule has 1 aromatic carbocycles. The van der Waals surface area contributed by atoms with Gasteiger partial charge in [0.05, 0.1) is 0 Å². The SMILES string of the molecule is CC(O)c1cc(-c2ccc(F)c(F)c2F)no1. The van der Waals surface area contributed by atoms with Gasteiger partial charge in [-0.05, 0) is 19.1 Å². The van der Waals surface area contributed by atoms with E-state index in [1.807, 2.05) is 0 Å². The quantitative estimate of drug-likeness (QED) is 0.825. The van der Waals surface area contributed by atoms with Crippen molar-refractivity contribution in [2.45, 2.75) is 13.0 Å². The second kappa shape index (κ2) is 4.21. The van der Waals surface area contributed by atoms with Crippen LogP contribution >= 0.6 is 0 Å². The van der Waals surface area contributed by atoms with Crippen LogP contribution in [-0.2, 0) is 0 Å². The van der Waals surface area contributed by atoms with Crippen LogP contribution in [0.1, 0.15) is 18.8 Å². The number of aliphatic hydroxyl groups excluding tert-OH is 1. The molecule has 0 aliphatic rings. The van der Waals surface area contributed by atoms with Crippen LogP contribution in [0.4, 0.5) is 13.2 Å². The minimum absolute atomic E-state index is 0.00250. The van der Waals surface area contributed by atoms with E-state index in [1.54, 1.807) is 0 Å². The fourth-order valence-electron chi connectivity index (χ4n) is 1.34. The normalized spacial score (nSPS) is 12.8. The van der Waals surface area contributed by atoms with E-state index in [0.717, 1.165) is 12.1 Å². The maximum Gasteiger partial charge on any atom is 0.195 e. The van der Waals surface area contributed by atoms with Gasteiger partial charge in [0.25, 0.3) is 0 Å². The van der Waals surface area contributed by atoms with Crippen molar-refractivity contribution >= 4 is 0 Å². The molecule has 0 aliphatic heterocycles. The van der Waals surface area contributed by atoms with Crippen molar-refractivity contribution in [1.82, 2.24) is 5.16 Å². The molecule has 2 rings (SSSR count). The number of halogens is 3. The second-order valence-corrected chi connectivity index (χ2v) is 3.51. The highest BCUT2D eigenvalue weighted by molar-refractivity contribution is 5.59. The summed E-state index contributed by atoms with van der Waals surface area (Å²) in [5, 5.41) is 12.7. The smallest absolute Gasteiger partial charge is 0.195 e. The third kappa shape index (κ3) is 2.03. The summed E-state index contributed by atoms with van der Waals surface area (Å²) in [6, 6.07) is 3.11. The Balaban J connectivity index is 2.49. The van der Waals surface area contributed by atoms with Crippen LogP contribution in [0.15, 0.2) is 22.7 Å². The Morgan fingerprint density at radius 3 is 2.53 bits per heavy atom. The molecule has 1 N–H and O–H groups in total. The predicted octanol–water partition coefficient (Wildman–Crippen LogP) is 2.81. The molecule has 6 heteroatoms. The Labute approximate surface area is 94.5 Å². The van der Waals surface area contributed by atoms with E-state index in [4.69, 9.17) is 4.52 Å². The molecular weight excluding hydrogens is 235 g/mol. The largest absolute Gasteiger partial charge is 0.385 e. The Hall–Kier alpha value is -1.82. The van der Waals surface area contributed by atoms with E-state index in [-0.39, 0.29) is 17.0 Å². The van der Waals surface area contributed by atoms with Crippen molar-refractivity contribution in [2.24, 2.45) is 0 Å². The van der Waals surface area contributed by atoms with Crippen LogP contribution in [0, 0.1) is 17.5 Å². The molecule has 0 fully saturated rings. The van der Waals surface area contributed by atoms with E-state index < -0.39 is 23.6 Å². The number of benzene rings is 1. The van der Waals surface area contributed by atoms with E-state index >= 15 is 0 Å². The van der Waals surface area contributed by atoms with Crippen LogP contribution in [0.2, 0.25) is 0 Å². The number of nitrogens with zero attached hydrogens (tertiary/aromatic N) is 1. The Morgan fingerprint density at radius 2 is 1.94 bits per heavy atom. The summed E-state index contributed by atoms with van der Waals surface area (Å²) < 4.78 is 43.8. The van der Waals surface area contributed by atoms with Crippen molar-refractivity contribution in [1.29, 1.82) is 0 Å². The van der Waals surface area contributed by atoms with Crippen molar-refractivity contribution < 1.29 is 22.8 Å². The van der Waals surface area contributed by atoms with Crippen LogP contribution in [0.3, 0.4) is 0 Å². The van der Waals surface area contributed by atoms with Gasteiger partial charge in [-0.3, -0.25) is 0 Å². The highest BCUT2D eigenvalue weighted by atomic mass is 19.2. The number of aromatic nitrogens is 1. The Bertz CT molecular complexity index is 552. The molecular formula is C11H8F3NO2. The first-order valence-corrected chi connectivity index (χ1v) is 4.79. The van der Waals surface area contributed by atoms with Crippen molar-refractivity contribution in [2.75, 3.05) is 0 Å². The van der Waals surface area contributed by atoms with Crippen LogP contribution in [-0.4, -0.2) is 10.3 Å². The predicted molar refractivity (Wildman–Crippen MR) is 52.4 cm³/mol. The molecule has 0 amide bonds. The van der Waals surface area contributed by atoms with E-state index in [1.165, 1.54) is 13.0 Å². The number of rotatable bonds is 2. The molecule has 90 valence electrons. The van der Waals surface area contributed by atoms with E-state index in [9.17, 15) is 18.3 Å². The molecule has 1 unspecified atom stereocenters. The summed E-state index contributed by atoms with van der Waals surface area (Å²) in [5.74, 6) is -4.06. The fraction of sp³-hybridized carbons (Fsp3) is 0.182. The minimum Gasteiger partial charge on any atom is -0.385 e. The molecule has 0 saturated carbocycles. The number of hydrogen-bond donors (Lipinski definition) is 1. The lowest BCUT2D eigenvalue weighted by Crippen LogP contribution is -1.93. The second-order valence-electron chi connectivity index (χ2n) is 3.51. The van der Waals surface area contributed by atoms with Crippen molar-refractivity contribution in [3.05, 3.63) is 41.4 Å². The molecule has 3 nitrogen and oxygen atoms in total. The molecule has 0 aliphatic carbocycles. The Morgan fingerprint density at radius 1 is 1.24 bits per heavy atom. The molecule has 0 bridgehead atoms. The lowest BCUT2D eigenvalue weighted by Gasteiger charge is -2.00. The minimum atomic E-state index is -1.57. The summed E-state index contributed by atoms with van der Waals surface area (Å²) in [4.78, 5) is 0. The van der Waals surface area contributed by atoms with Crippen LogP contribution < -0.4 is 0 Å². The summed E-state index contributed by atoms with van der Waals surface area (Å²) >= 11 is 0. The van der Waals surface area contributed by atoms with Crippen molar-refractivity contribution in [3.8, 4) is 11.3 Å². The first-order valence-electron chi connectivity index (χ1n) is 4.79. The molecule has 0 spiro atoms. The molecule has 0 saturated heterocycles. The van der Waals surface area contributed by atoms with E-state index in [2.05, 4.69) is 5.16 Å². The first kappa shape index (κ1) is 11.7. The van der Waals surface area contributed by atoms with Gasteiger partial charge in [0.2, 0.25) is 0 Å². The number of hydrogen-bond acceptors (Lipinski definition) is 3. The molecule has 1 aromatic heterocycles. The zero-order valence-corrected chi connectivity index (χ0v) is 8.75. The summed E-state index contributed by atoms with van der Waals surface area (Å²) in [5.41, 5.74) is -0.225. The molecule has 17 heavy (non-hydrogen) atoms.